The molecule has 18 heavy (non-hydrogen) atoms. The molecule has 0 bridgehead atoms. The molecule has 5 nitrogen and oxygen atoms in total. The summed E-state index contributed by atoms with van der Waals surface area (Å²) < 4.78 is 26.5. The predicted molar refractivity (Wildman–Crippen MR) is 71.7 cm³/mol. The molecule has 0 saturated carbocycles. The van der Waals surface area contributed by atoms with Crippen molar-refractivity contribution < 1.29 is 8.42 Å². The van der Waals surface area contributed by atoms with Crippen molar-refractivity contribution in [1.82, 2.24) is 9.71 Å². The molecule has 1 aromatic carbocycles. The van der Waals surface area contributed by atoms with Crippen LogP contribution in [0.5, 0.6) is 0 Å². The van der Waals surface area contributed by atoms with Gasteiger partial charge in [-0.05, 0) is 30.7 Å². The van der Waals surface area contributed by atoms with Gasteiger partial charge in [-0.2, -0.15) is 0 Å². The van der Waals surface area contributed by atoms with Gasteiger partial charge in [-0.1, -0.05) is 0 Å². The van der Waals surface area contributed by atoms with Gasteiger partial charge in [0.15, 0.2) is 0 Å². The fourth-order valence-corrected chi connectivity index (χ4v) is 3.03. The molecule has 7 heteroatoms. The number of nitrogens with zero attached hydrogens (tertiary/aromatic N) is 1. The Balaban J connectivity index is 2.17. The minimum atomic E-state index is -3.52. The number of sulfonamides is 1. The SMILES string of the molecule is Cc1cc(S(=O)(=O)NCc2cscn2)ccc1N. The Morgan fingerprint density at radius 2 is 2.22 bits per heavy atom. The highest BCUT2D eigenvalue weighted by Crippen LogP contribution is 2.17. The van der Waals surface area contributed by atoms with E-state index >= 15 is 0 Å². The molecule has 3 N–H and O–H groups in total. The molecule has 0 aliphatic heterocycles. The molecule has 0 amide bonds. The Morgan fingerprint density at radius 3 is 2.83 bits per heavy atom. The van der Waals surface area contributed by atoms with Crippen LogP contribution in [-0.4, -0.2) is 13.4 Å². The third-order valence-electron chi connectivity index (χ3n) is 2.48. The van der Waals surface area contributed by atoms with Crippen LogP contribution in [0.4, 0.5) is 5.69 Å². The number of benzene rings is 1. The van der Waals surface area contributed by atoms with Gasteiger partial charge in [0.1, 0.15) is 0 Å². The number of aryl methyl sites for hydroxylation is 1. The van der Waals surface area contributed by atoms with Crippen molar-refractivity contribution in [3.05, 3.63) is 40.3 Å². The van der Waals surface area contributed by atoms with Gasteiger partial charge >= 0.3 is 0 Å². The molecule has 1 aromatic heterocycles. The molecule has 0 spiro atoms. The van der Waals surface area contributed by atoms with Crippen LogP contribution >= 0.6 is 11.3 Å². The lowest BCUT2D eigenvalue weighted by molar-refractivity contribution is 0.580. The van der Waals surface area contributed by atoms with Gasteiger partial charge in [0.2, 0.25) is 10.0 Å². The predicted octanol–water partition coefficient (Wildman–Crippen LogP) is 1.51. The minimum Gasteiger partial charge on any atom is -0.399 e. The second-order valence-electron chi connectivity index (χ2n) is 3.82. The van der Waals surface area contributed by atoms with E-state index in [1.807, 2.05) is 0 Å². The molecule has 1 heterocycles. The fraction of sp³-hybridized carbons (Fsp3) is 0.182. The van der Waals surface area contributed by atoms with Crippen LogP contribution < -0.4 is 10.5 Å². The molecule has 0 saturated heterocycles. The van der Waals surface area contributed by atoms with Crippen molar-refractivity contribution in [2.45, 2.75) is 18.4 Å². The second kappa shape index (κ2) is 5.05. The van der Waals surface area contributed by atoms with E-state index in [1.54, 1.807) is 29.9 Å². The lowest BCUT2D eigenvalue weighted by Gasteiger charge is -2.07. The normalized spacial score (nSPS) is 11.6. The first-order chi connectivity index (χ1) is 8.49. The highest BCUT2D eigenvalue weighted by Gasteiger charge is 2.14. The zero-order chi connectivity index (χ0) is 13.2. The van der Waals surface area contributed by atoms with E-state index in [9.17, 15) is 8.42 Å². The summed E-state index contributed by atoms with van der Waals surface area (Å²) in [5.74, 6) is 0. The smallest absolute Gasteiger partial charge is 0.240 e. The number of aromatic nitrogens is 1. The molecule has 0 aliphatic carbocycles. The maximum absolute atomic E-state index is 12.0. The van der Waals surface area contributed by atoms with E-state index in [-0.39, 0.29) is 11.4 Å². The van der Waals surface area contributed by atoms with Crippen LogP contribution in [0, 0.1) is 6.92 Å². The fourth-order valence-electron chi connectivity index (χ4n) is 1.39. The number of nitrogens with two attached hydrogens (primary N) is 1. The molecule has 2 rings (SSSR count). The Morgan fingerprint density at radius 1 is 1.44 bits per heavy atom. The van der Waals surface area contributed by atoms with Crippen LogP contribution in [0.1, 0.15) is 11.3 Å². The van der Waals surface area contributed by atoms with Crippen molar-refractivity contribution in [2.75, 3.05) is 5.73 Å². The number of nitrogens with one attached hydrogen (secondary N) is 1. The first kappa shape index (κ1) is 13.0. The Bertz CT molecular complexity index is 636. The third-order valence-corrected chi connectivity index (χ3v) is 4.51. The Labute approximate surface area is 110 Å². The zero-order valence-electron chi connectivity index (χ0n) is 9.75. The van der Waals surface area contributed by atoms with E-state index in [4.69, 9.17) is 5.73 Å². The summed E-state index contributed by atoms with van der Waals surface area (Å²) in [6, 6.07) is 4.64. The molecule has 2 aromatic rings. The second-order valence-corrected chi connectivity index (χ2v) is 6.31. The number of nitrogen functional groups attached to an aromatic ring is 1. The zero-order valence-corrected chi connectivity index (χ0v) is 11.4. The molecule has 0 fully saturated rings. The van der Waals surface area contributed by atoms with Gasteiger partial charge in [0.05, 0.1) is 22.6 Å². The van der Waals surface area contributed by atoms with Crippen molar-refractivity contribution >= 4 is 27.0 Å². The first-order valence-corrected chi connectivity index (χ1v) is 7.64. The largest absolute Gasteiger partial charge is 0.399 e. The summed E-state index contributed by atoms with van der Waals surface area (Å²) in [4.78, 5) is 4.23. The summed E-state index contributed by atoms with van der Waals surface area (Å²) in [5, 5.41) is 1.80. The highest BCUT2D eigenvalue weighted by molar-refractivity contribution is 7.89. The van der Waals surface area contributed by atoms with Crippen molar-refractivity contribution in [3.8, 4) is 0 Å². The van der Waals surface area contributed by atoms with Crippen molar-refractivity contribution in [3.63, 3.8) is 0 Å². The number of hydrogen-bond acceptors (Lipinski definition) is 5. The topological polar surface area (TPSA) is 85.1 Å². The standard InChI is InChI=1S/C11H13N3O2S2/c1-8-4-10(2-3-11(8)12)18(15,16)14-5-9-6-17-7-13-9/h2-4,6-7,14H,5,12H2,1H3. The summed E-state index contributed by atoms with van der Waals surface area (Å²) in [5.41, 5.74) is 9.35. The molecule has 0 radical (unpaired) electrons. The summed E-state index contributed by atoms with van der Waals surface area (Å²) in [6.07, 6.45) is 0. The lowest BCUT2D eigenvalue weighted by atomic mass is 10.2. The molecule has 96 valence electrons. The molecular formula is C11H13N3O2S2. The molecule has 0 aliphatic rings. The van der Waals surface area contributed by atoms with Gasteiger partial charge in [-0.15, -0.1) is 11.3 Å². The van der Waals surface area contributed by atoms with Gasteiger partial charge in [-0.25, -0.2) is 18.1 Å². The average Bonchev–Trinajstić information content (AvgIpc) is 2.83. The monoisotopic (exact) mass is 283 g/mol. The Hall–Kier alpha value is -1.44. The van der Waals surface area contributed by atoms with E-state index in [2.05, 4.69) is 9.71 Å². The van der Waals surface area contributed by atoms with Crippen LogP contribution in [0.2, 0.25) is 0 Å². The number of rotatable bonds is 4. The third kappa shape index (κ3) is 2.87. The van der Waals surface area contributed by atoms with Crippen molar-refractivity contribution in [1.29, 1.82) is 0 Å². The Kier molecular flexibility index (Phi) is 3.65. The quantitative estimate of drug-likeness (QED) is 0.833. The van der Waals surface area contributed by atoms with Crippen LogP contribution in [0.25, 0.3) is 0 Å². The van der Waals surface area contributed by atoms with Crippen LogP contribution in [0.15, 0.2) is 34.0 Å². The summed E-state index contributed by atoms with van der Waals surface area (Å²) >= 11 is 1.43. The van der Waals surface area contributed by atoms with Gasteiger partial charge in [0, 0.05) is 11.1 Å². The minimum absolute atomic E-state index is 0.190. The van der Waals surface area contributed by atoms with Gasteiger partial charge in [0.25, 0.3) is 0 Å². The van der Waals surface area contributed by atoms with Gasteiger partial charge < -0.3 is 5.73 Å². The molecule has 0 unspecified atom stereocenters. The van der Waals surface area contributed by atoms with Gasteiger partial charge in [-0.3, -0.25) is 0 Å². The highest BCUT2D eigenvalue weighted by atomic mass is 32.2. The van der Waals surface area contributed by atoms with Crippen LogP contribution in [-0.2, 0) is 16.6 Å². The van der Waals surface area contributed by atoms with E-state index < -0.39 is 10.0 Å². The van der Waals surface area contributed by atoms with E-state index in [0.29, 0.717) is 11.4 Å². The summed E-state index contributed by atoms with van der Waals surface area (Å²) in [7, 11) is -3.52. The molecular weight excluding hydrogens is 270 g/mol. The van der Waals surface area contributed by atoms with Crippen molar-refractivity contribution in [2.24, 2.45) is 0 Å². The van der Waals surface area contributed by atoms with E-state index in [1.165, 1.54) is 17.4 Å². The van der Waals surface area contributed by atoms with Crippen LogP contribution in [0.3, 0.4) is 0 Å². The maximum atomic E-state index is 12.0. The summed E-state index contributed by atoms with van der Waals surface area (Å²) in [6.45, 7) is 1.96. The average molecular weight is 283 g/mol. The van der Waals surface area contributed by atoms with E-state index in [0.717, 1.165) is 5.56 Å². The number of anilines is 1. The molecule has 0 atom stereocenters. The maximum Gasteiger partial charge on any atom is 0.240 e. The number of thiazole rings is 1. The number of hydrogen-bond donors (Lipinski definition) is 2. The first-order valence-electron chi connectivity index (χ1n) is 5.22. The lowest BCUT2D eigenvalue weighted by Crippen LogP contribution is -2.23.